The summed E-state index contributed by atoms with van der Waals surface area (Å²) in [4.78, 5) is 13.3. The molecule has 0 spiro atoms. The minimum Gasteiger partial charge on any atom is -0.487 e. The van der Waals surface area contributed by atoms with Gasteiger partial charge in [-0.1, -0.05) is 19.9 Å². The van der Waals surface area contributed by atoms with Gasteiger partial charge in [-0.3, -0.25) is 0 Å². The Morgan fingerprint density at radius 3 is 2.31 bits per heavy atom. The molecule has 0 atom stereocenters. The second kappa shape index (κ2) is 8.26. The van der Waals surface area contributed by atoms with E-state index in [1.807, 2.05) is 13.0 Å². The smallest absolute Gasteiger partial charge is 0.335 e. The summed E-state index contributed by atoms with van der Waals surface area (Å²) >= 11 is 0. The topological polar surface area (TPSA) is 49.8 Å². The molecule has 0 bridgehead atoms. The van der Waals surface area contributed by atoms with Crippen LogP contribution in [0.3, 0.4) is 0 Å². The van der Waals surface area contributed by atoms with E-state index >= 15 is 0 Å². The Morgan fingerprint density at radius 1 is 1.08 bits per heavy atom. The fourth-order valence-electron chi connectivity index (χ4n) is 2.98. The summed E-state index contributed by atoms with van der Waals surface area (Å²) in [5.74, 6) is 0.505. The van der Waals surface area contributed by atoms with Crippen molar-refractivity contribution in [3.63, 3.8) is 0 Å². The third-order valence-electron chi connectivity index (χ3n) is 4.60. The Balaban J connectivity index is 2.26. The first-order chi connectivity index (χ1) is 12.2. The van der Waals surface area contributed by atoms with Crippen LogP contribution in [-0.2, 0) is 6.61 Å². The molecule has 0 saturated carbocycles. The molecular formula is C22H29NO3. The Bertz CT molecular complexity index is 796. The first-order valence-electron chi connectivity index (χ1n) is 8.97. The lowest BCUT2D eigenvalue weighted by molar-refractivity contribution is 0.0696. The van der Waals surface area contributed by atoms with Gasteiger partial charge in [-0.15, -0.1) is 0 Å². The molecule has 2 aromatic rings. The molecular weight excluding hydrogens is 326 g/mol. The summed E-state index contributed by atoms with van der Waals surface area (Å²) in [7, 11) is 2.09. The minimum atomic E-state index is -0.910. The zero-order valence-corrected chi connectivity index (χ0v) is 16.6. The molecule has 2 rings (SSSR count). The van der Waals surface area contributed by atoms with Crippen molar-refractivity contribution >= 4 is 11.7 Å². The van der Waals surface area contributed by atoms with Gasteiger partial charge in [0.2, 0.25) is 0 Å². The number of hydrogen-bond donors (Lipinski definition) is 1. The van der Waals surface area contributed by atoms with Gasteiger partial charge in [-0.2, -0.15) is 0 Å². The van der Waals surface area contributed by atoms with Gasteiger partial charge in [-0.25, -0.2) is 4.79 Å². The molecule has 1 N–H and O–H groups in total. The molecule has 140 valence electrons. The zero-order valence-electron chi connectivity index (χ0n) is 16.6. The molecule has 0 saturated heterocycles. The average molecular weight is 355 g/mol. The highest BCUT2D eigenvalue weighted by atomic mass is 16.5. The molecule has 0 unspecified atom stereocenters. The lowest BCUT2D eigenvalue weighted by Crippen LogP contribution is -2.23. The minimum absolute atomic E-state index is 0.301. The number of benzene rings is 2. The molecule has 26 heavy (non-hydrogen) atoms. The average Bonchev–Trinajstić information content (AvgIpc) is 2.55. The van der Waals surface area contributed by atoms with Crippen molar-refractivity contribution in [2.75, 3.05) is 18.5 Å². The summed E-state index contributed by atoms with van der Waals surface area (Å²) < 4.78 is 6.15. The number of carboxylic acid groups (broad SMARTS) is 1. The molecule has 0 aliphatic carbocycles. The third-order valence-corrected chi connectivity index (χ3v) is 4.60. The first kappa shape index (κ1) is 19.8. The maximum absolute atomic E-state index is 11.1. The van der Waals surface area contributed by atoms with Crippen LogP contribution >= 0.6 is 0 Å². The Morgan fingerprint density at radius 2 is 1.73 bits per heavy atom. The van der Waals surface area contributed by atoms with Gasteiger partial charge >= 0.3 is 5.97 Å². The maximum Gasteiger partial charge on any atom is 0.335 e. The Hall–Kier alpha value is -2.49. The molecule has 0 aromatic heterocycles. The summed E-state index contributed by atoms with van der Waals surface area (Å²) in [6.45, 7) is 11.9. The van der Waals surface area contributed by atoms with Crippen molar-refractivity contribution in [2.24, 2.45) is 5.92 Å². The molecule has 0 radical (unpaired) electrons. The van der Waals surface area contributed by atoms with Crippen LogP contribution in [0.25, 0.3) is 0 Å². The number of anilines is 1. The largest absolute Gasteiger partial charge is 0.487 e. The van der Waals surface area contributed by atoms with E-state index in [0.29, 0.717) is 18.1 Å². The van der Waals surface area contributed by atoms with Crippen molar-refractivity contribution < 1.29 is 14.6 Å². The molecule has 0 aliphatic heterocycles. The van der Waals surface area contributed by atoms with Gasteiger partial charge < -0.3 is 14.7 Å². The molecule has 0 heterocycles. The maximum atomic E-state index is 11.1. The van der Waals surface area contributed by atoms with Gasteiger partial charge in [0.1, 0.15) is 12.4 Å². The van der Waals surface area contributed by atoms with E-state index in [-0.39, 0.29) is 0 Å². The zero-order chi connectivity index (χ0) is 19.4. The number of carboxylic acids is 1. The van der Waals surface area contributed by atoms with Crippen LogP contribution in [0, 0.1) is 26.7 Å². The number of aromatic carboxylic acids is 1. The number of hydrogen-bond acceptors (Lipinski definition) is 3. The van der Waals surface area contributed by atoms with Crippen molar-refractivity contribution in [3.8, 4) is 5.75 Å². The second-order valence-corrected chi connectivity index (χ2v) is 7.41. The van der Waals surface area contributed by atoms with Crippen LogP contribution in [0.2, 0.25) is 0 Å². The molecule has 0 fully saturated rings. The van der Waals surface area contributed by atoms with Crippen LogP contribution in [0.15, 0.2) is 30.3 Å². The summed E-state index contributed by atoms with van der Waals surface area (Å²) in [5.41, 5.74) is 5.73. The fourth-order valence-corrected chi connectivity index (χ4v) is 2.98. The SMILES string of the molecule is Cc1cc(OCc2ccc(C(=O)O)cc2C)c(N(C)CC(C)C)cc1C. The van der Waals surface area contributed by atoms with Crippen molar-refractivity contribution in [1.82, 2.24) is 0 Å². The fraction of sp³-hybridized carbons (Fsp3) is 0.409. The Kier molecular flexibility index (Phi) is 6.30. The molecule has 4 heteroatoms. The van der Waals surface area contributed by atoms with Crippen molar-refractivity contribution in [2.45, 2.75) is 41.2 Å². The summed E-state index contributed by atoms with van der Waals surface area (Å²) in [5, 5.41) is 9.10. The first-order valence-corrected chi connectivity index (χ1v) is 8.97. The van der Waals surface area contributed by atoms with Gasteiger partial charge in [0, 0.05) is 13.6 Å². The highest BCUT2D eigenvalue weighted by molar-refractivity contribution is 5.87. The third kappa shape index (κ3) is 4.78. The number of carbonyl (C=O) groups is 1. The van der Waals surface area contributed by atoms with Gasteiger partial charge in [0.15, 0.2) is 0 Å². The number of ether oxygens (including phenoxy) is 1. The van der Waals surface area contributed by atoms with E-state index in [0.717, 1.165) is 29.1 Å². The van der Waals surface area contributed by atoms with E-state index in [1.54, 1.807) is 12.1 Å². The van der Waals surface area contributed by atoms with Gasteiger partial charge in [0.05, 0.1) is 11.3 Å². The van der Waals surface area contributed by atoms with E-state index in [9.17, 15) is 4.79 Å². The number of rotatable bonds is 7. The number of nitrogens with zero attached hydrogens (tertiary/aromatic N) is 1. The predicted octanol–water partition coefficient (Wildman–Crippen LogP) is 4.98. The van der Waals surface area contributed by atoms with Crippen LogP contribution in [0.5, 0.6) is 5.75 Å². The summed E-state index contributed by atoms with van der Waals surface area (Å²) in [6, 6.07) is 9.40. The molecule has 0 aliphatic rings. The highest BCUT2D eigenvalue weighted by Gasteiger charge is 2.13. The van der Waals surface area contributed by atoms with Crippen LogP contribution in [-0.4, -0.2) is 24.7 Å². The van der Waals surface area contributed by atoms with Crippen LogP contribution < -0.4 is 9.64 Å². The molecule has 4 nitrogen and oxygen atoms in total. The number of aryl methyl sites for hydroxylation is 3. The predicted molar refractivity (Wildman–Crippen MR) is 106 cm³/mol. The van der Waals surface area contributed by atoms with E-state index in [1.165, 1.54) is 11.1 Å². The van der Waals surface area contributed by atoms with Gasteiger partial charge in [0.25, 0.3) is 0 Å². The molecule has 0 amide bonds. The Labute approximate surface area is 156 Å². The quantitative estimate of drug-likeness (QED) is 0.761. The summed E-state index contributed by atoms with van der Waals surface area (Å²) in [6.07, 6.45) is 0. The van der Waals surface area contributed by atoms with E-state index in [4.69, 9.17) is 9.84 Å². The van der Waals surface area contributed by atoms with E-state index < -0.39 is 5.97 Å². The lowest BCUT2D eigenvalue weighted by atomic mass is 10.1. The van der Waals surface area contributed by atoms with Crippen molar-refractivity contribution in [3.05, 3.63) is 58.1 Å². The lowest BCUT2D eigenvalue weighted by Gasteiger charge is -2.25. The molecule has 2 aromatic carbocycles. The standard InChI is InChI=1S/C22H29NO3/c1-14(2)12-23(6)20-10-15(3)16(4)11-21(20)26-13-19-8-7-18(22(24)25)9-17(19)5/h7-11,14H,12-13H2,1-6H3,(H,24,25). The van der Waals surface area contributed by atoms with Crippen LogP contribution in [0.4, 0.5) is 5.69 Å². The van der Waals surface area contributed by atoms with Crippen molar-refractivity contribution in [1.29, 1.82) is 0 Å². The second-order valence-electron chi connectivity index (χ2n) is 7.41. The van der Waals surface area contributed by atoms with E-state index in [2.05, 4.69) is 51.8 Å². The normalized spacial score (nSPS) is 10.9. The highest BCUT2D eigenvalue weighted by Crippen LogP contribution is 2.32. The van der Waals surface area contributed by atoms with Gasteiger partial charge in [-0.05, 0) is 73.2 Å². The van der Waals surface area contributed by atoms with Crippen LogP contribution in [0.1, 0.15) is 46.5 Å². The monoisotopic (exact) mass is 355 g/mol.